The summed E-state index contributed by atoms with van der Waals surface area (Å²) in [4.78, 5) is 13.0. The summed E-state index contributed by atoms with van der Waals surface area (Å²) in [6, 6.07) is 10.3. The lowest BCUT2D eigenvalue weighted by Crippen LogP contribution is -2.48. The molecule has 3 nitrogen and oxygen atoms in total. The highest BCUT2D eigenvalue weighted by atomic mass is 16.5. The molecular formula is C16H21NO2. The Balaban J connectivity index is 1.94. The topological polar surface area (TPSA) is 38.3 Å². The highest BCUT2D eigenvalue weighted by Crippen LogP contribution is 2.38. The van der Waals surface area contributed by atoms with Gasteiger partial charge in [0.25, 0.3) is 0 Å². The number of ketones is 1. The molecule has 0 bridgehead atoms. The first kappa shape index (κ1) is 12.8. The monoisotopic (exact) mass is 259 g/mol. The van der Waals surface area contributed by atoms with E-state index in [1.807, 2.05) is 18.2 Å². The molecule has 0 radical (unpaired) electrons. The van der Waals surface area contributed by atoms with Gasteiger partial charge in [-0.05, 0) is 37.9 Å². The molecule has 1 unspecified atom stereocenters. The number of nitrogens with one attached hydrogen (secondary N) is 1. The number of hydrogen-bond donors (Lipinski definition) is 1. The Hall–Kier alpha value is -1.19. The van der Waals surface area contributed by atoms with Crippen LogP contribution in [0.1, 0.15) is 24.8 Å². The lowest BCUT2D eigenvalue weighted by molar-refractivity contribution is -0.129. The van der Waals surface area contributed by atoms with Gasteiger partial charge in [0.1, 0.15) is 5.78 Å². The molecule has 1 N–H and O–H groups in total. The van der Waals surface area contributed by atoms with Gasteiger partial charge in [0, 0.05) is 12.5 Å². The molecule has 0 aliphatic carbocycles. The number of carbonyl (C=O) groups excluding carboxylic acids is 1. The van der Waals surface area contributed by atoms with E-state index >= 15 is 0 Å². The van der Waals surface area contributed by atoms with E-state index in [1.165, 1.54) is 5.56 Å². The van der Waals surface area contributed by atoms with Crippen LogP contribution in [0, 0.1) is 5.92 Å². The van der Waals surface area contributed by atoms with Gasteiger partial charge in [-0.2, -0.15) is 0 Å². The fourth-order valence-electron chi connectivity index (χ4n) is 3.42. The summed E-state index contributed by atoms with van der Waals surface area (Å²) in [5.74, 6) is 0.496. The molecule has 0 spiro atoms. The molecule has 1 aromatic rings. The Bertz CT molecular complexity index is 431. The van der Waals surface area contributed by atoms with Crippen LogP contribution in [0.15, 0.2) is 30.3 Å². The number of carbonyl (C=O) groups is 1. The van der Waals surface area contributed by atoms with Gasteiger partial charge in [-0.1, -0.05) is 30.3 Å². The van der Waals surface area contributed by atoms with Gasteiger partial charge in [-0.15, -0.1) is 0 Å². The summed E-state index contributed by atoms with van der Waals surface area (Å²) in [6.45, 7) is 3.20. The maximum absolute atomic E-state index is 13.0. The molecule has 1 aromatic carbocycles. The van der Waals surface area contributed by atoms with Gasteiger partial charge in [0.2, 0.25) is 0 Å². The number of hydrogen-bond acceptors (Lipinski definition) is 3. The van der Waals surface area contributed by atoms with E-state index in [9.17, 15) is 4.79 Å². The minimum Gasteiger partial charge on any atom is -0.381 e. The third-order valence-electron chi connectivity index (χ3n) is 4.56. The Kier molecular flexibility index (Phi) is 3.67. The van der Waals surface area contributed by atoms with Crippen molar-refractivity contribution < 1.29 is 9.53 Å². The number of ether oxygens (including phenoxy) is 1. The molecule has 3 rings (SSSR count). The predicted octanol–water partition coefficient (Wildman–Crippen LogP) is 1.91. The largest absolute Gasteiger partial charge is 0.381 e. The van der Waals surface area contributed by atoms with Crippen molar-refractivity contribution in [1.29, 1.82) is 0 Å². The van der Waals surface area contributed by atoms with Gasteiger partial charge >= 0.3 is 0 Å². The third kappa shape index (κ3) is 2.33. The molecule has 0 amide bonds. The van der Waals surface area contributed by atoms with Crippen LogP contribution in [0.4, 0.5) is 0 Å². The van der Waals surface area contributed by atoms with E-state index in [4.69, 9.17) is 4.74 Å². The zero-order valence-electron chi connectivity index (χ0n) is 11.2. The van der Waals surface area contributed by atoms with Crippen LogP contribution in [0.2, 0.25) is 0 Å². The molecule has 2 saturated heterocycles. The van der Waals surface area contributed by atoms with Crippen LogP contribution in [0.3, 0.4) is 0 Å². The molecular weight excluding hydrogens is 238 g/mol. The maximum Gasteiger partial charge on any atom is 0.148 e. The molecule has 0 aromatic heterocycles. The quantitative estimate of drug-likeness (QED) is 0.901. The summed E-state index contributed by atoms with van der Waals surface area (Å²) in [5, 5.41) is 3.37. The summed E-state index contributed by atoms with van der Waals surface area (Å²) in [7, 11) is 0. The lowest BCUT2D eigenvalue weighted by Gasteiger charge is -2.38. The summed E-state index contributed by atoms with van der Waals surface area (Å²) < 4.78 is 5.41. The number of Topliss-reactive ketones (excluding diaryl/α,β-unsaturated/α-hetero) is 1. The van der Waals surface area contributed by atoms with E-state index in [0.29, 0.717) is 12.4 Å². The van der Waals surface area contributed by atoms with Crippen LogP contribution in [-0.4, -0.2) is 32.1 Å². The average Bonchev–Trinajstić information content (AvgIpc) is 3.02. The molecule has 2 aliphatic heterocycles. The highest BCUT2D eigenvalue weighted by molar-refractivity contribution is 5.92. The number of benzene rings is 1. The standard InChI is InChI=1S/C16H21NO2/c18-15(13-6-11-19-12-13)16(7-9-17-10-8-16)14-4-2-1-3-5-14/h1-5,13,17H,6-12H2. The molecule has 3 heteroatoms. The van der Waals surface area contributed by atoms with E-state index in [-0.39, 0.29) is 11.3 Å². The Morgan fingerprint density at radius 1 is 1.21 bits per heavy atom. The van der Waals surface area contributed by atoms with Crippen LogP contribution in [0.25, 0.3) is 0 Å². The minimum absolute atomic E-state index is 0.0957. The Morgan fingerprint density at radius 2 is 1.95 bits per heavy atom. The summed E-state index contributed by atoms with van der Waals surface area (Å²) in [5.41, 5.74) is 0.902. The zero-order chi connectivity index (χ0) is 13.1. The second-order valence-electron chi connectivity index (χ2n) is 5.62. The fourth-order valence-corrected chi connectivity index (χ4v) is 3.42. The van der Waals surface area contributed by atoms with Gasteiger partial charge in [-0.25, -0.2) is 0 Å². The summed E-state index contributed by atoms with van der Waals surface area (Å²) >= 11 is 0. The SMILES string of the molecule is O=C(C1CCOC1)C1(c2ccccc2)CCNCC1. The zero-order valence-corrected chi connectivity index (χ0v) is 11.2. The molecule has 0 saturated carbocycles. The van der Waals surface area contributed by atoms with Crippen molar-refractivity contribution in [2.24, 2.45) is 5.92 Å². The van der Waals surface area contributed by atoms with Crippen molar-refractivity contribution in [1.82, 2.24) is 5.32 Å². The van der Waals surface area contributed by atoms with E-state index in [1.54, 1.807) is 0 Å². The Labute approximate surface area is 114 Å². The van der Waals surface area contributed by atoms with Crippen molar-refractivity contribution in [2.75, 3.05) is 26.3 Å². The van der Waals surface area contributed by atoms with Crippen LogP contribution in [0.5, 0.6) is 0 Å². The molecule has 102 valence electrons. The van der Waals surface area contributed by atoms with Gasteiger partial charge in [-0.3, -0.25) is 4.79 Å². The van der Waals surface area contributed by atoms with Crippen molar-refractivity contribution in [3.63, 3.8) is 0 Å². The van der Waals surface area contributed by atoms with Crippen molar-refractivity contribution in [3.8, 4) is 0 Å². The van der Waals surface area contributed by atoms with E-state index in [0.717, 1.165) is 39.0 Å². The van der Waals surface area contributed by atoms with Gasteiger partial charge in [0.05, 0.1) is 12.0 Å². The Morgan fingerprint density at radius 3 is 2.58 bits per heavy atom. The smallest absolute Gasteiger partial charge is 0.148 e. The first-order valence-electron chi connectivity index (χ1n) is 7.21. The normalized spacial score (nSPS) is 26.2. The fraction of sp³-hybridized carbons (Fsp3) is 0.562. The average molecular weight is 259 g/mol. The van der Waals surface area contributed by atoms with Crippen molar-refractivity contribution in [3.05, 3.63) is 35.9 Å². The second-order valence-corrected chi connectivity index (χ2v) is 5.62. The van der Waals surface area contributed by atoms with Gasteiger partial charge < -0.3 is 10.1 Å². The van der Waals surface area contributed by atoms with Crippen LogP contribution < -0.4 is 5.32 Å². The third-order valence-corrected chi connectivity index (χ3v) is 4.56. The first-order valence-corrected chi connectivity index (χ1v) is 7.21. The van der Waals surface area contributed by atoms with Crippen LogP contribution >= 0.6 is 0 Å². The number of piperidine rings is 1. The molecule has 2 heterocycles. The molecule has 2 fully saturated rings. The highest BCUT2D eigenvalue weighted by Gasteiger charge is 2.44. The van der Waals surface area contributed by atoms with Crippen molar-refractivity contribution in [2.45, 2.75) is 24.7 Å². The predicted molar refractivity (Wildman–Crippen MR) is 74.2 cm³/mol. The minimum atomic E-state index is -0.287. The van der Waals surface area contributed by atoms with E-state index in [2.05, 4.69) is 17.4 Å². The van der Waals surface area contributed by atoms with Crippen LogP contribution in [-0.2, 0) is 14.9 Å². The van der Waals surface area contributed by atoms with Crippen molar-refractivity contribution >= 4 is 5.78 Å². The lowest BCUT2D eigenvalue weighted by atomic mass is 9.67. The van der Waals surface area contributed by atoms with Gasteiger partial charge in [0.15, 0.2) is 0 Å². The molecule has 19 heavy (non-hydrogen) atoms. The van der Waals surface area contributed by atoms with E-state index < -0.39 is 0 Å². The molecule has 2 aliphatic rings. The summed E-state index contributed by atoms with van der Waals surface area (Å²) in [6.07, 6.45) is 2.71. The second kappa shape index (κ2) is 5.43. The first-order chi connectivity index (χ1) is 9.33. The number of rotatable bonds is 3. The molecule has 1 atom stereocenters. The maximum atomic E-state index is 13.0.